The first-order valence-electron chi connectivity index (χ1n) is 5.72. The van der Waals surface area contributed by atoms with Crippen molar-refractivity contribution in [2.24, 2.45) is 0 Å². The Morgan fingerprint density at radius 3 is 2.89 bits per heavy atom. The number of hydrogen-bond acceptors (Lipinski definition) is 6. The minimum absolute atomic E-state index is 0.293. The lowest BCUT2D eigenvalue weighted by molar-refractivity contribution is 0.0527. The molecule has 0 radical (unpaired) electrons. The molecule has 1 aromatic heterocycles. The van der Waals surface area contributed by atoms with Gasteiger partial charge in [0.25, 0.3) is 0 Å². The van der Waals surface area contributed by atoms with Crippen LogP contribution in [0.5, 0.6) is 0 Å². The van der Waals surface area contributed by atoms with Crippen molar-refractivity contribution in [3.05, 3.63) is 17.8 Å². The van der Waals surface area contributed by atoms with Crippen molar-refractivity contribution in [1.82, 2.24) is 4.98 Å². The molecule has 18 heavy (non-hydrogen) atoms. The summed E-state index contributed by atoms with van der Waals surface area (Å²) in [5.74, 6) is -0.104. The van der Waals surface area contributed by atoms with Crippen molar-refractivity contribution in [2.45, 2.75) is 6.92 Å². The molecule has 0 amide bonds. The molecule has 0 spiro atoms. The standard InChI is InChI=1S/C12H19N3O3/c1-4-18-12(16)9-7-11(13)14-8-10(9)15(2)5-6-17-3/h7-8H,4-6H2,1-3H3,(H2,13,14). The van der Waals surface area contributed by atoms with Crippen LogP contribution in [-0.4, -0.2) is 44.9 Å². The molecular weight excluding hydrogens is 234 g/mol. The van der Waals surface area contributed by atoms with Crippen LogP contribution in [0.4, 0.5) is 11.5 Å². The summed E-state index contributed by atoms with van der Waals surface area (Å²) in [6.07, 6.45) is 1.57. The Bertz CT molecular complexity index is 410. The Balaban J connectivity index is 2.98. The fourth-order valence-corrected chi connectivity index (χ4v) is 1.49. The van der Waals surface area contributed by atoms with Crippen LogP contribution in [-0.2, 0) is 9.47 Å². The van der Waals surface area contributed by atoms with Gasteiger partial charge < -0.3 is 20.1 Å². The summed E-state index contributed by atoms with van der Waals surface area (Å²) in [7, 11) is 3.48. The first-order chi connectivity index (χ1) is 8.60. The molecule has 1 aromatic rings. The molecule has 1 heterocycles. The molecule has 0 atom stereocenters. The molecule has 0 bridgehead atoms. The smallest absolute Gasteiger partial charge is 0.340 e. The fraction of sp³-hybridized carbons (Fsp3) is 0.500. The van der Waals surface area contributed by atoms with Crippen molar-refractivity contribution in [1.29, 1.82) is 0 Å². The number of anilines is 2. The molecule has 0 aliphatic rings. The lowest BCUT2D eigenvalue weighted by atomic mass is 10.2. The van der Waals surface area contributed by atoms with Gasteiger partial charge in [0, 0.05) is 20.7 Å². The van der Waals surface area contributed by atoms with E-state index in [9.17, 15) is 4.79 Å². The van der Waals surface area contributed by atoms with Gasteiger partial charge in [-0.1, -0.05) is 0 Å². The Hall–Kier alpha value is -1.82. The van der Waals surface area contributed by atoms with Crippen LogP contribution in [0.3, 0.4) is 0 Å². The highest BCUT2D eigenvalue weighted by Gasteiger charge is 2.16. The lowest BCUT2D eigenvalue weighted by Gasteiger charge is -2.21. The van der Waals surface area contributed by atoms with Gasteiger partial charge >= 0.3 is 5.97 Å². The Morgan fingerprint density at radius 1 is 1.56 bits per heavy atom. The maximum absolute atomic E-state index is 11.8. The Morgan fingerprint density at radius 2 is 2.28 bits per heavy atom. The third kappa shape index (κ3) is 3.59. The second-order valence-corrected chi connectivity index (χ2v) is 3.76. The zero-order valence-electron chi connectivity index (χ0n) is 11.0. The number of carbonyl (C=O) groups excluding carboxylic acids is 1. The van der Waals surface area contributed by atoms with Crippen LogP contribution < -0.4 is 10.6 Å². The third-order valence-electron chi connectivity index (χ3n) is 2.44. The van der Waals surface area contributed by atoms with E-state index < -0.39 is 5.97 Å². The van der Waals surface area contributed by atoms with Crippen LogP contribution >= 0.6 is 0 Å². The van der Waals surface area contributed by atoms with E-state index in [0.29, 0.717) is 36.8 Å². The zero-order valence-corrected chi connectivity index (χ0v) is 11.0. The topological polar surface area (TPSA) is 77.7 Å². The molecule has 0 aliphatic carbocycles. The molecule has 6 heteroatoms. The highest BCUT2D eigenvalue weighted by molar-refractivity contribution is 5.96. The number of esters is 1. The molecule has 1 rings (SSSR count). The van der Waals surface area contributed by atoms with Gasteiger partial charge in [0.1, 0.15) is 5.82 Å². The van der Waals surface area contributed by atoms with E-state index in [4.69, 9.17) is 15.2 Å². The summed E-state index contributed by atoms with van der Waals surface area (Å²) < 4.78 is 10.0. The van der Waals surface area contributed by atoms with Gasteiger partial charge in [0.15, 0.2) is 0 Å². The first-order valence-corrected chi connectivity index (χ1v) is 5.72. The number of nitrogen functional groups attached to an aromatic ring is 1. The van der Waals surface area contributed by atoms with Crippen molar-refractivity contribution >= 4 is 17.5 Å². The number of aromatic nitrogens is 1. The largest absolute Gasteiger partial charge is 0.462 e. The summed E-state index contributed by atoms with van der Waals surface area (Å²) in [5.41, 5.74) is 6.70. The van der Waals surface area contributed by atoms with E-state index in [-0.39, 0.29) is 0 Å². The van der Waals surface area contributed by atoms with E-state index >= 15 is 0 Å². The van der Waals surface area contributed by atoms with Crippen molar-refractivity contribution in [2.75, 3.05) is 44.5 Å². The van der Waals surface area contributed by atoms with Crippen molar-refractivity contribution in [3.8, 4) is 0 Å². The third-order valence-corrected chi connectivity index (χ3v) is 2.44. The molecule has 100 valence electrons. The number of nitrogens with two attached hydrogens (primary N) is 1. The number of likely N-dealkylation sites (N-methyl/N-ethyl adjacent to an activating group) is 1. The van der Waals surface area contributed by atoms with Crippen LogP contribution in [0.1, 0.15) is 17.3 Å². The van der Waals surface area contributed by atoms with Gasteiger partial charge in [-0.3, -0.25) is 0 Å². The summed E-state index contributed by atoms with van der Waals surface area (Å²) in [5, 5.41) is 0. The average Bonchev–Trinajstić information content (AvgIpc) is 2.36. The van der Waals surface area contributed by atoms with Gasteiger partial charge in [-0.2, -0.15) is 0 Å². The number of rotatable bonds is 6. The van der Waals surface area contributed by atoms with Crippen LogP contribution in [0.15, 0.2) is 12.3 Å². The second kappa shape index (κ2) is 6.80. The van der Waals surface area contributed by atoms with Gasteiger partial charge in [-0.15, -0.1) is 0 Å². The molecule has 0 saturated carbocycles. The molecule has 0 fully saturated rings. The van der Waals surface area contributed by atoms with E-state index in [2.05, 4.69) is 4.98 Å². The van der Waals surface area contributed by atoms with Crippen LogP contribution in [0.2, 0.25) is 0 Å². The molecule has 0 aliphatic heterocycles. The molecular formula is C12H19N3O3. The van der Waals surface area contributed by atoms with E-state index in [1.165, 1.54) is 6.07 Å². The number of hydrogen-bond donors (Lipinski definition) is 1. The maximum Gasteiger partial charge on any atom is 0.340 e. The predicted octanol–water partition coefficient (Wildman–Crippen LogP) is 0.923. The number of nitrogens with zero attached hydrogens (tertiary/aromatic N) is 2. The minimum atomic E-state index is -0.397. The summed E-state index contributed by atoms with van der Waals surface area (Å²) in [6.45, 7) is 3.29. The van der Waals surface area contributed by atoms with Crippen LogP contribution in [0.25, 0.3) is 0 Å². The maximum atomic E-state index is 11.8. The monoisotopic (exact) mass is 253 g/mol. The highest BCUT2D eigenvalue weighted by atomic mass is 16.5. The van der Waals surface area contributed by atoms with Crippen molar-refractivity contribution in [3.63, 3.8) is 0 Å². The summed E-state index contributed by atoms with van der Waals surface area (Å²) in [6, 6.07) is 1.52. The van der Waals surface area contributed by atoms with E-state index in [0.717, 1.165) is 0 Å². The van der Waals surface area contributed by atoms with E-state index in [1.54, 1.807) is 20.2 Å². The number of ether oxygens (including phenoxy) is 2. The van der Waals surface area contributed by atoms with Gasteiger partial charge in [0.2, 0.25) is 0 Å². The predicted molar refractivity (Wildman–Crippen MR) is 69.8 cm³/mol. The molecule has 2 N–H and O–H groups in total. The van der Waals surface area contributed by atoms with Gasteiger partial charge in [-0.05, 0) is 13.0 Å². The minimum Gasteiger partial charge on any atom is -0.462 e. The normalized spacial score (nSPS) is 10.2. The fourth-order valence-electron chi connectivity index (χ4n) is 1.49. The molecule has 0 aromatic carbocycles. The van der Waals surface area contributed by atoms with Crippen molar-refractivity contribution < 1.29 is 14.3 Å². The molecule has 6 nitrogen and oxygen atoms in total. The van der Waals surface area contributed by atoms with Gasteiger partial charge in [-0.25, -0.2) is 9.78 Å². The Kier molecular flexibility index (Phi) is 5.38. The Labute approximate surface area is 107 Å². The summed E-state index contributed by atoms with van der Waals surface area (Å²) >= 11 is 0. The number of methoxy groups -OCH3 is 1. The molecule has 0 unspecified atom stereocenters. The second-order valence-electron chi connectivity index (χ2n) is 3.76. The lowest BCUT2D eigenvalue weighted by Crippen LogP contribution is -2.25. The van der Waals surface area contributed by atoms with E-state index in [1.807, 2.05) is 11.9 Å². The van der Waals surface area contributed by atoms with Crippen LogP contribution in [0, 0.1) is 0 Å². The molecule has 0 saturated heterocycles. The highest BCUT2D eigenvalue weighted by Crippen LogP contribution is 2.21. The average molecular weight is 253 g/mol. The number of pyridine rings is 1. The zero-order chi connectivity index (χ0) is 13.5. The quantitative estimate of drug-likeness (QED) is 0.760. The van der Waals surface area contributed by atoms with Gasteiger partial charge in [0.05, 0.1) is 30.7 Å². The first kappa shape index (κ1) is 14.2. The summed E-state index contributed by atoms with van der Waals surface area (Å²) in [4.78, 5) is 17.7. The number of carbonyl (C=O) groups is 1. The SMILES string of the molecule is CCOC(=O)c1cc(N)ncc1N(C)CCOC.